The summed E-state index contributed by atoms with van der Waals surface area (Å²) in [6.07, 6.45) is 0.567. The van der Waals surface area contributed by atoms with Crippen molar-refractivity contribution >= 4 is 0 Å². The molecule has 0 aliphatic carbocycles. The Balaban J connectivity index is 1.65. The maximum atomic E-state index is 5.92. The van der Waals surface area contributed by atoms with Gasteiger partial charge in [0.05, 0.1) is 19.4 Å². The Morgan fingerprint density at radius 2 is 1.96 bits per heavy atom. The van der Waals surface area contributed by atoms with Crippen molar-refractivity contribution in [1.82, 2.24) is 20.1 Å². The zero-order chi connectivity index (χ0) is 17.8. The van der Waals surface area contributed by atoms with E-state index in [1.54, 1.807) is 7.11 Å². The van der Waals surface area contributed by atoms with E-state index in [2.05, 4.69) is 5.32 Å². The van der Waals surface area contributed by atoms with Gasteiger partial charge in [0.15, 0.2) is 11.6 Å². The Hall–Kier alpha value is -2.70. The molecular formula is C20H22N4O2. The van der Waals surface area contributed by atoms with Crippen LogP contribution in [0.1, 0.15) is 23.3 Å². The number of ether oxygens (including phenoxy) is 2. The zero-order valence-corrected chi connectivity index (χ0v) is 14.8. The van der Waals surface area contributed by atoms with Gasteiger partial charge in [-0.1, -0.05) is 30.3 Å². The maximum Gasteiger partial charge on any atom is 0.162 e. The number of benzene rings is 2. The molecule has 1 fully saturated rings. The number of nitrogens with zero attached hydrogens (tertiary/aromatic N) is 3. The summed E-state index contributed by atoms with van der Waals surface area (Å²) >= 11 is 0. The van der Waals surface area contributed by atoms with Crippen LogP contribution < -0.4 is 10.1 Å². The van der Waals surface area contributed by atoms with Crippen LogP contribution in [0.4, 0.5) is 0 Å². The molecule has 1 aromatic heterocycles. The molecule has 4 rings (SSSR count). The molecular weight excluding hydrogens is 328 g/mol. The van der Waals surface area contributed by atoms with Crippen LogP contribution in [0.25, 0.3) is 5.69 Å². The number of methoxy groups -OCH3 is 1. The Labute approximate surface area is 152 Å². The number of hydrogen-bond acceptors (Lipinski definition) is 5. The van der Waals surface area contributed by atoms with Gasteiger partial charge in [-0.15, -0.1) is 0 Å². The van der Waals surface area contributed by atoms with E-state index in [0.717, 1.165) is 41.7 Å². The highest BCUT2D eigenvalue weighted by molar-refractivity contribution is 5.33. The maximum absolute atomic E-state index is 5.92. The van der Waals surface area contributed by atoms with Crippen molar-refractivity contribution in [2.24, 2.45) is 0 Å². The Morgan fingerprint density at radius 3 is 2.65 bits per heavy atom. The van der Waals surface area contributed by atoms with Crippen molar-refractivity contribution in [3.8, 4) is 11.4 Å². The summed E-state index contributed by atoms with van der Waals surface area (Å²) < 4.78 is 13.0. The lowest BCUT2D eigenvalue weighted by atomic mass is 10.1. The fourth-order valence-corrected chi connectivity index (χ4v) is 3.07. The van der Waals surface area contributed by atoms with E-state index in [0.29, 0.717) is 13.0 Å². The third-order valence-electron chi connectivity index (χ3n) is 4.41. The van der Waals surface area contributed by atoms with Gasteiger partial charge in [0, 0.05) is 19.5 Å². The molecule has 0 amide bonds. The first-order chi connectivity index (χ1) is 12.8. The van der Waals surface area contributed by atoms with E-state index in [1.807, 2.05) is 59.3 Å². The van der Waals surface area contributed by atoms with Crippen LogP contribution in [0.5, 0.6) is 5.75 Å². The predicted molar refractivity (Wildman–Crippen MR) is 98.7 cm³/mol. The molecule has 0 bridgehead atoms. The molecule has 26 heavy (non-hydrogen) atoms. The van der Waals surface area contributed by atoms with Gasteiger partial charge in [0.1, 0.15) is 11.9 Å². The lowest BCUT2D eigenvalue weighted by Gasteiger charge is -2.23. The van der Waals surface area contributed by atoms with Crippen molar-refractivity contribution in [3.05, 3.63) is 71.8 Å². The lowest BCUT2D eigenvalue weighted by Crippen LogP contribution is -2.34. The summed E-state index contributed by atoms with van der Waals surface area (Å²) in [4.78, 5) is 4.80. The van der Waals surface area contributed by atoms with Gasteiger partial charge in [-0.05, 0) is 29.8 Å². The van der Waals surface area contributed by atoms with Gasteiger partial charge in [0.25, 0.3) is 0 Å². The molecule has 1 N–H and O–H groups in total. The number of para-hydroxylation sites is 1. The van der Waals surface area contributed by atoms with Crippen LogP contribution in [-0.2, 0) is 11.2 Å². The summed E-state index contributed by atoms with van der Waals surface area (Å²) in [7, 11) is 1.67. The molecule has 3 aromatic rings. The summed E-state index contributed by atoms with van der Waals surface area (Å²) in [6.45, 7) is 2.29. The Morgan fingerprint density at radius 1 is 1.15 bits per heavy atom. The highest BCUT2D eigenvalue weighted by atomic mass is 16.5. The molecule has 1 atom stereocenters. The molecule has 0 saturated carbocycles. The van der Waals surface area contributed by atoms with Gasteiger partial charge in [0.2, 0.25) is 0 Å². The molecule has 2 aromatic carbocycles. The van der Waals surface area contributed by atoms with Gasteiger partial charge >= 0.3 is 0 Å². The fourth-order valence-electron chi connectivity index (χ4n) is 3.07. The largest absolute Gasteiger partial charge is 0.497 e. The molecule has 1 unspecified atom stereocenters. The van der Waals surface area contributed by atoms with Crippen molar-refractivity contribution in [3.63, 3.8) is 0 Å². The van der Waals surface area contributed by atoms with Crippen molar-refractivity contribution in [2.45, 2.75) is 12.5 Å². The quantitative estimate of drug-likeness (QED) is 0.766. The molecule has 1 aliphatic rings. The van der Waals surface area contributed by atoms with Gasteiger partial charge in [-0.3, -0.25) is 0 Å². The second-order valence-corrected chi connectivity index (χ2v) is 6.22. The molecule has 6 heteroatoms. The number of morpholine rings is 1. The van der Waals surface area contributed by atoms with Crippen LogP contribution in [0, 0.1) is 0 Å². The lowest BCUT2D eigenvalue weighted by molar-refractivity contribution is 0.0208. The van der Waals surface area contributed by atoms with E-state index >= 15 is 0 Å². The van der Waals surface area contributed by atoms with Crippen molar-refractivity contribution < 1.29 is 9.47 Å². The summed E-state index contributed by atoms with van der Waals surface area (Å²) in [5.74, 6) is 2.47. The third kappa shape index (κ3) is 3.61. The third-order valence-corrected chi connectivity index (χ3v) is 4.41. The van der Waals surface area contributed by atoms with Gasteiger partial charge in [-0.25, -0.2) is 9.67 Å². The minimum Gasteiger partial charge on any atom is -0.497 e. The van der Waals surface area contributed by atoms with Crippen LogP contribution in [0.3, 0.4) is 0 Å². The Kier molecular flexibility index (Phi) is 4.95. The predicted octanol–water partition coefficient (Wildman–Crippen LogP) is 2.53. The standard InChI is InChI=1S/C20H22N4O2/c1-25-17-9-7-15(8-10-17)13-19-22-20(18-14-21-11-12-26-18)24(23-19)16-5-3-2-4-6-16/h2-10,18,21H,11-14H2,1H3. The molecule has 0 radical (unpaired) electrons. The highest BCUT2D eigenvalue weighted by Crippen LogP contribution is 2.22. The van der Waals surface area contributed by atoms with Gasteiger partial charge < -0.3 is 14.8 Å². The smallest absolute Gasteiger partial charge is 0.162 e. The summed E-state index contributed by atoms with van der Waals surface area (Å²) in [5, 5.41) is 8.12. The minimum absolute atomic E-state index is 0.0962. The van der Waals surface area contributed by atoms with E-state index in [1.165, 1.54) is 0 Å². The first-order valence-corrected chi connectivity index (χ1v) is 8.80. The molecule has 2 heterocycles. The average molecular weight is 350 g/mol. The molecule has 134 valence electrons. The number of aromatic nitrogens is 3. The second kappa shape index (κ2) is 7.68. The first-order valence-electron chi connectivity index (χ1n) is 8.80. The fraction of sp³-hybridized carbons (Fsp3) is 0.300. The number of hydrogen-bond donors (Lipinski definition) is 1. The normalized spacial score (nSPS) is 17.2. The SMILES string of the molecule is COc1ccc(Cc2nc(C3CNCCO3)n(-c3ccccc3)n2)cc1. The van der Waals surface area contributed by atoms with Crippen LogP contribution in [0.2, 0.25) is 0 Å². The first kappa shape index (κ1) is 16.8. The van der Waals surface area contributed by atoms with Crippen LogP contribution in [-0.4, -0.2) is 41.6 Å². The zero-order valence-electron chi connectivity index (χ0n) is 14.8. The van der Waals surface area contributed by atoms with E-state index < -0.39 is 0 Å². The molecule has 0 spiro atoms. The minimum atomic E-state index is -0.0962. The highest BCUT2D eigenvalue weighted by Gasteiger charge is 2.24. The summed E-state index contributed by atoms with van der Waals surface area (Å²) in [6, 6.07) is 18.1. The monoisotopic (exact) mass is 350 g/mol. The molecule has 1 aliphatic heterocycles. The topological polar surface area (TPSA) is 61.2 Å². The number of nitrogens with one attached hydrogen (secondary N) is 1. The van der Waals surface area contributed by atoms with E-state index in [4.69, 9.17) is 19.6 Å². The van der Waals surface area contributed by atoms with Gasteiger partial charge in [-0.2, -0.15) is 5.10 Å². The van der Waals surface area contributed by atoms with E-state index in [-0.39, 0.29) is 6.10 Å². The van der Waals surface area contributed by atoms with Crippen molar-refractivity contribution in [2.75, 3.05) is 26.8 Å². The molecule has 6 nitrogen and oxygen atoms in total. The van der Waals surface area contributed by atoms with Crippen molar-refractivity contribution in [1.29, 1.82) is 0 Å². The van der Waals surface area contributed by atoms with Crippen LogP contribution >= 0.6 is 0 Å². The van der Waals surface area contributed by atoms with E-state index in [9.17, 15) is 0 Å². The molecule has 1 saturated heterocycles. The summed E-state index contributed by atoms with van der Waals surface area (Å²) in [5.41, 5.74) is 2.13. The Bertz CT molecular complexity index is 840. The average Bonchev–Trinajstić information content (AvgIpc) is 3.14. The van der Waals surface area contributed by atoms with Crippen LogP contribution in [0.15, 0.2) is 54.6 Å². The second-order valence-electron chi connectivity index (χ2n) is 6.22. The number of rotatable bonds is 5.